The van der Waals surface area contributed by atoms with Gasteiger partial charge in [0.05, 0.1) is 9.92 Å². The second-order valence-corrected chi connectivity index (χ2v) is 7.14. The molecule has 2 aromatic carbocycles. The zero-order valence-corrected chi connectivity index (χ0v) is 13.2. The summed E-state index contributed by atoms with van der Waals surface area (Å²) in [6, 6.07) is 9.73. The number of nitrogens with one attached hydrogen (secondary N) is 1. The largest absolute Gasteiger partial charge is 0.338 e. The van der Waals surface area contributed by atoms with Crippen LogP contribution in [0.3, 0.4) is 0 Å². The SMILES string of the molecule is Cc1ccc(S(=O)(=O)C(NC=O)c2ccc(F)c(Cl)c2)cc1. The van der Waals surface area contributed by atoms with E-state index >= 15 is 0 Å². The number of halogens is 2. The Morgan fingerprint density at radius 3 is 2.36 bits per heavy atom. The third-order valence-corrected chi connectivity index (χ3v) is 5.37. The molecule has 0 aliphatic carbocycles. The Labute approximate surface area is 132 Å². The average molecular weight is 342 g/mol. The van der Waals surface area contributed by atoms with Crippen molar-refractivity contribution in [3.63, 3.8) is 0 Å². The van der Waals surface area contributed by atoms with E-state index in [1.807, 2.05) is 6.92 Å². The first kappa shape index (κ1) is 16.5. The maximum Gasteiger partial charge on any atom is 0.208 e. The van der Waals surface area contributed by atoms with Gasteiger partial charge in [-0.25, -0.2) is 12.8 Å². The lowest BCUT2D eigenvalue weighted by molar-refractivity contribution is -0.109. The van der Waals surface area contributed by atoms with Gasteiger partial charge in [0.2, 0.25) is 16.2 Å². The van der Waals surface area contributed by atoms with Crippen LogP contribution < -0.4 is 5.32 Å². The quantitative estimate of drug-likeness (QED) is 0.850. The van der Waals surface area contributed by atoms with Gasteiger partial charge in [-0.3, -0.25) is 4.79 Å². The first-order valence-electron chi connectivity index (χ1n) is 6.31. The van der Waals surface area contributed by atoms with Crippen LogP contribution >= 0.6 is 11.6 Å². The number of amides is 1. The van der Waals surface area contributed by atoms with E-state index in [1.54, 1.807) is 12.1 Å². The number of rotatable bonds is 5. The lowest BCUT2D eigenvalue weighted by atomic mass is 10.2. The zero-order chi connectivity index (χ0) is 16.3. The molecule has 0 fully saturated rings. The van der Waals surface area contributed by atoms with Crippen molar-refractivity contribution in [3.8, 4) is 0 Å². The summed E-state index contributed by atoms with van der Waals surface area (Å²) >= 11 is 5.69. The van der Waals surface area contributed by atoms with E-state index in [0.29, 0.717) is 0 Å². The minimum absolute atomic E-state index is 0.0536. The fraction of sp³-hybridized carbons (Fsp3) is 0.133. The molecule has 0 aliphatic heterocycles. The highest BCUT2D eigenvalue weighted by atomic mass is 35.5. The first-order valence-corrected chi connectivity index (χ1v) is 8.24. The lowest BCUT2D eigenvalue weighted by Gasteiger charge is -2.18. The van der Waals surface area contributed by atoms with Crippen LogP contribution in [0.1, 0.15) is 16.5 Å². The Morgan fingerprint density at radius 1 is 1.18 bits per heavy atom. The van der Waals surface area contributed by atoms with Crippen molar-refractivity contribution >= 4 is 27.8 Å². The minimum atomic E-state index is -3.89. The van der Waals surface area contributed by atoms with E-state index in [1.165, 1.54) is 24.3 Å². The van der Waals surface area contributed by atoms with E-state index in [4.69, 9.17) is 11.6 Å². The molecule has 0 saturated carbocycles. The molecule has 1 unspecified atom stereocenters. The topological polar surface area (TPSA) is 63.2 Å². The van der Waals surface area contributed by atoms with Gasteiger partial charge in [0.1, 0.15) is 5.82 Å². The van der Waals surface area contributed by atoms with Crippen molar-refractivity contribution in [1.82, 2.24) is 5.32 Å². The van der Waals surface area contributed by atoms with Crippen LogP contribution in [0.4, 0.5) is 4.39 Å². The smallest absolute Gasteiger partial charge is 0.208 e. The Balaban J connectivity index is 2.52. The summed E-state index contributed by atoms with van der Waals surface area (Å²) < 4.78 is 38.6. The zero-order valence-electron chi connectivity index (χ0n) is 11.6. The maximum absolute atomic E-state index is 13.2. The van der Waals surface area contributed by atoms with E-state index in [2.05, 4.69) is 5.32 Å². The number of benzene rings is 2. The number of carbonyl (C=O) groups excluding carboxylic acids is 1. The van der Waals surface area contributed by atoms with Crippen LogP contribution in [0.2, 0.25) is 5.02 Å². The molecule has 0 spiro atoms. The fourth-order valence-electron chi connectivity index (χ4n) is 1.97. The normalized spacial score (nSPS) is 12.7. The maximum atomic E-state index is 13.2. The molecule has 0 aliphatic rings. The van der Waals surface area contributed by atoms with Crippen molar-refractivity contribution < 1.29 is 17.6 Å². The van der Waals surface area contributed by atoms with Crippen LogP contribution in [0.5, 0.6) is 0 Å². The van der Waals surface area contributed by atoms with E-state index in [0.717, 1.165) is 11.6 Å². The molecule has 116 valence electrons. The van der Waals surface area contributed by atoms with Gasteiger partial charge < -0.3 is 5.32 Å². The van der Waals surface area contributed by atoms with Gasteiger partial charge >= 0.3 is 0 Å². The van der Waals surface area contributed by atoms with Crippen molar-refractivity contribution in [2.45, 2.75) is 17.2 Å². The van der Waals surface area contributed by atoms with Crippen LogP contribution in [0, 0.1) is 12.7 Å². The molecule has 2 aromatic rings. The molecule has 1 atom stereocenters. The summed E-state index contributed by atoms with van der Waals surface area (Å²) in [5.74, 6) is -0.664. The summed E-state index contributed by atoms with van der Waals surface area (Å²) in [5.41, 5.74) is 1.09. The molecule has 7 heteroatoms. The van der Waals surface area contributed by atoms with E-state index in [-0.39, 0.29) is 21.9 Å². The molecule has 0 bridgehead atoms. The predicted molar refractivity (Wildman–Crippen MR) is 81.7 cm³/mol. The van der Waals surface area contributed by atoms with Crippen LogP contribution in [0.25, 0.3) is 0 Å². The van der Waals surface area contributed by atoms with Crippen molar-refractivity contribution in [1.29, 1.82) is 0 Å². The Morgan fingerprint density at radius 2 is 1.82 bits per heavy atom. The monoisotopic (exact) mass is 341 g/mol. The van der Waals surface area contributed by atoms with Crippen LogP contribution in [-0.2, 0) is 14.6 Å². The van der Waals surface area contributed by atoms with Gasteiger partial charge in [-0.05, 0) is 36.8 Å². The number of sulfone groups is 1. The molecule has 0 radical (unpaired) electrons. The second-order valence-electron chi connectivity index (χ2n) is 4.70. The first-order chi connectivity index (χ1) is 10.4. The third kappa shape index (κ3) is 3.28. The molecule has 1 amide bonds. The van der Waals surface area contributed by atoms with E-state index < -0.39 is 21.0 Å². The molecule has 0 aromatic heterocycles. The van der Waals surface area contributed by atoms with Gasteiger partial charge in [-0.15, -0.1) is 0 Å². The third-order valence-electron chi connectivity index (χ3n) is 3.13. The van der Waals surface area contributed by atoms with Gasteiger partial charge in [-0.2, -0.15) is 0 Å². The Hall–Kier alpha value is -1.92. The highest BCUT2D eigenvalue weighted by Crippen LogP contribution is 2.29. The van der Waals surface area contributed by atoms with Gasteiger partial charge in [0, 0.05) is 0 Å². The van der Waals surface area contributed by atoms with Crippen molar-refractivity contribution in [2.75, 3.05) is 0 Å². The molecule has 22 heavy (non-hydrogen) atoms. The molecule has 2 rings (SSSR count). The standard InChI is InChI=1S/C15H13ClFNO3S/c1-10-2-5-12(6-3-10)22(20,21)15(18-9-19)11-4-7-14(17)13(16)8-11/h2-9,15H,1H3,(H,18,19). The number of hydrogen-bond donors (Lipinski definition) is 1. The minimum Gasteiger partial charge on any atom is -0.338 e. The predicted octanol–water partition coefficient (Wildman–Crippen LogP) is 3.01. The average Bonchev–Trinajstić information content (AvgIpc) is 2.48. The summed E-state index contributed by atoms with van der Waals surface area (Å²) in [6.45, 7) is 1.83. The number of hydrogen-bond acceptors (Lipinski definition) is 3. The highest BCUT2D eigenvalue weighted by Gasteiger charge is 2.29. The van der Waals surface area contributed by atoms with Gasteiger partial charge in [0.15, 0.2) is 5.37 Å². The summed E-state index contributed by atoms with van der Waals surface area (Å²) in [6.07, 6.45) is 0.285. The lowest BCUT2D eigenvalue weighted by Crippen LogP contribution is -2.28. The highest BCUT2D eigenvalue weighted by molar-refractivity contribution is 7.91. The summed E-state index contributed by atoms with van der Waals surface area (Å²) in [7, 11) is -3.89. The van der Waals surface area contributed by atoms with Crippen LogP contribution in [-0.4, -0.2) is 14.8 Å². The molecule has 0 heterocycles. The molecule has 4 nitrogen and oxygen atoms in total. The molecular weight excluding hydrogens is 329 g/mol. The van der Waals surface area contributed by atoms with Crippen molar-refractivity contribution in [3.05, 3.63) is 64.4 Å². The van der Waals surface area contributed by atoms with Crippen molar-refractivity contribution in [2.24, 2.45) is 0 Å². The summed E-state index contributed by atoms with van der Waals surface area (Å²) in [4.78, 5) is 10.8. The van der Waals surface area contributed by atoms with Crippen LogP contribution in [0.15, 0.2) is 47.4 Å². The number of aryl methyl sites for hydroxylation is 1. The molecular formula is C15H13ClFNO3S. The Kier molecular flexibility index (Phi) is 4.83. The number of carbonyl (C=O) groups is 1. The van der Waals surface area contributed by atoms with Gasteiger partial charge in [-0.1, -0.05) is 35.4 Å². The molecule has 0 saturated heterocycles. The Bertz CT molecular complexity index is 791. The fourth-order valence-corrected chi connectivity index (χ4v) is 3.68. The van der Waals surface area contributed by atoms with Gasteiger partial charge in [0.25, 0.3) is 0 Å². The summed E-state index contributed by atoms with van der Waals surface area (Å²) in [5, 5.41) is 0.694. The second kappa shape index (κ2) is 6.46. The molecule has 1 N–H and O–H groups in total. The van der Waals surface area contributed by atoms with E-state index in [9.17, 15) is 17.6 Å².